The Labute approximate surface area is 130 Å². The van der Waals surface area contributed by atoms with Gasteiger partial charge in [-0.1, -0.05) is 23.7 Å². The number of hydrogen-bond donors (Lipinski definition) is 1. The molecule has 114 valence electrons. The summed E-state index contributed by atoms with van der Waals surface area (Å²) in [5.74, 6) is -0.113. The van der Waals surface area contributed by atoms with Crippen LogP contribution in [0.4, 0.5) is 0 Å². The molecule has 0 spiro atoms. The fraction of sp³-hybridized carbons (Fsp3) is 0.500. The summed E-state index contributed by atoms with van der Waals surface area (Å²) in [7, 11) is 0. The van der Waals surface area contributed by atoms with E-state index in [0.29, 0.717) is 31.0 Å². The third-order valence-corrected chi connectivity index (χ3v) is 4.16. The maximum Gasteiger partial charge on any atom is 0.225 e. The molecule has 0 bridgehead atoms. The molecule has 0 saturated carbocycles. The summed E-state index contributed by atoms with van der Waals surface area (Å²) in [6, 6.07) is 7.21. The number of nitrogens with zero attached hydrogens (tertiary/aromatic N) is 1. The molecule has 4 nitrogen and oxygen atoms in total. The second-order valence-corrected chi connectivity index (χ2v) is 5.66. The number of halogens is 1. The van der Waals surface area contributed by atoms with E-state index in [1.807, 2.05) is 32.0 Å². The Morgan fingerprint density at radius 2 is 2.19 bits per heavy atom. The number of amides is 2. The predicted octanol–water partition coefficient (Wildman–Crippen LogP) is 2.78. The molecule has 1 aliphatic heterocycles. The number of piperidine rings is 1. The first kappa shape index (κ1) is 15.8. The highest BCUT2D eigenvalue weighted by Gasteiger charge is 2.39. The van der Waals surface area contributed by atoms with Gasteiger partial charge in [0.05, 0.1) is 12.0 Å². The van der Waals surface area contributed by atoms with Crippen molar-refractivity contribution in [3.05, 3.63) is 34.9 Å². The molecule has 1 N–H and O–H groups in total. The van der Waals surface area contributed by atoms with Gasteiger partial charge in [-0.05, 0) is 38.0 Å². The quantitative estimate of drug-likeness (QED) is 0.930. The molecule has 5 heteroatoms. The Morgan fingerprint density at radius 3 is 2.81 bits per heavy atom. The lowest BCUT2D eigenvalue weighted by Gasteiger charge is -2.40. The van der Waals surface area contributed by atoms with Gasteiger partial charge < -0.3 is 10.2 Å². The van der Waals surface area contributed by atoms with E-state index >= 15 is 0 Å². The third-order valence-electron chi connectivity index (χ3n) is 3.93. The first-order chi connectivity index (χ1) is 10.1. The van der Waals surface area contributed by atoms with Gasteiger partial charge in [-0.25, -0.2) is 0 Å². The minimum Gasteiger partial charge on any atom is -0.356 e. The van der Waals surface area contributed by atoms with Crippen molar-refractivity contribution in [2.45, 2.75) is 32.7 Å². The van der Waals surface area contributed by atoms with Gasteiger partial charge in [0, 0.05) is 24.5 Å². The van der Waals surface area contributed by atoms with E-state index < -0.39 is 0 Å². The van der Waals surface area contributed by atoms with Gasteiger partial charge in [0.2, 0.25) is 11.8 Å². The SMILES string of the molecule is CCNC(=O)[C@@H]1CCC(=O)N(CC)[C@H]1c1cccc(Cl)c1. The summed E-state index contributed by atoms with van der Waals surface area (Å²) in [6.07, 6.45) is 1.01. The fourth-order valence-corrected chi connectivity index (χ4v) is 3.21. The average molecular weight is 309 g/mol. The van der Waals surface area contributed by atoms with Gasteiger partial charge in [0.15, 0.2) is 0 Å². The van der Waals surface area contributed by atoms with Crippen LogP contribution in [0.3, 0.4) is 0 Å². The number of hydrogen-bond acceptors (Lipinski definition) is 2. The van der Waals surface area contributed by atoms with Crippen molar-refractivity contribution in [2.75, 3.05) is 13.1 Å². The zero-order valence-electron chi connectivity index (χ0n) is 12.4. The van der Waals surface area contributed by atoms with Crippen LogP contribution in [0, 0.1) is 5.92 Å². The van der Waals surface area contributed by atoms with Gasteiger partial charge in [0.1, 0.15) is 0 Å². The zero-order valence-corrected chi connectivity index (χ0v) is 13.2. The number of nitrogens with one attached hydrogen (secondary N) is 1. The molecule has 1 saturated heterocycles. The summed E-state index contributed by atoms with van der Waals surface area (Å²) >= 11 is 6.08. The molecular weight excluding hydrogens is 288 g/mol. The van der Waals surface area contributed by atoms with Gasteiger partial charge in [0.25, 0.3) is 0 Å². The molecule has 2 atom stereocenters. The Bertz CT molecular complexity index is 533. The first-order valence-electron chi connectivity index (χ1n) is 7.41. The summed E-state index contributed by atoms with van der Waals surface area (Å²) < 4.78 is 0. The van der Waals surface area contributed by atoms with Crippen molar-refractivity contribution in [2.24, 2.45) is 5.92 Å². The normalized spacial score (nSPS) is 22.2. The van der Waals surface area contributed by atoms with Crippen molar-refractivity contribution in [1.82, 2.24) is 10.2 Å². The second-order valence-electron chi connectivity index (χ2n) is 5.22. The van der Waals surface area contributed by atoms with E-state index in [1.54, 1.807) is 11.0 Å². The number of benzene rings is 1. The Balaban J connectivity index is 2.39. The minimum atomic E-state index is -0.235. The summed E-state index contributed by atoms with van der Waals surface area (Å²) in [5, 5.41) is 3.50. The van der Waals surface area contributed by atoms with E-state index in [2.05, 4.69) is 5.32 Å². The van der Waals surface area contributed by atoms with Crippen LogP contribution in [0.15, 0.2) is 24.3 Å². The topological polar surface area (TPSA) is 49.4 Å². The van der Waals surface area contributed by atoms with E-state index in [4.69, 9.17) is 11.6 Å². The van der Waals surface area contributed by atoms with Crippen LogP contribution in [-0.2, 0) is 9.59 Å². The molecule has 1 aliphatic rings. The fourth-order valence-electron chi connectivity index (χ4n) is 3.01. The predicted molar refractivity (Wildman–Crippen MR) is 83.0 cm³/mol. The maximum atomic E-state index is 12.4. The molecule has 1 fully saturated rings. The van der Waals surface area contributed by atoms with Crippen molar-refractivity contribution in [3.8, 4) is 0 Å². The van der Waals surface area contributed by atoms with Crippen LogP contribution in [0.1, 0.15) is 38.3 Å². The third kappa shape index (κ3) is 3.38. The Kier molecular flexibility index (Phi) is 5.23. The Hall–Kier alpha value is -1.55. The highest BCUT2D eigenvalue weighted by molar-refractivity contribution is 6.30. The van der Waals surface area contributed by atoms with Crippen LogP contribution in [0.5, 0.6) is 0 Å². The van der Waals surface area contributed by atoms with Crippen LogP contribution < -0.4 is 5.32 Å². The van der Waals surface area contributed by atoms with Gasteiger partial charge in [-0.3, -0.25) is 9.59 Å². The smallest absolute Gasteiger partial charge is 0.225 e. The molecule has 21 heavy (non-hydrogen) atoms. The van der Waals surface area contributed by atoms with E-state index in [9.17, 15) is 9.59 Å². The standard InChI is InChI=1S/C16H21ClN2O2/c1-3-18-16(21)13-8-9-14(20)19(4-2)15(13)11-6-5-7-12(17)10-11/h5-7,10,13,15H,3-4,8-9H2,1-2H3,(H,18,21)/t13-,15+/m1/s1. The molecule has 0 radical (unpaired) electrons. The van der Waals surface area contributed by atoms with Crippen molar-refractivity contribution in [3.63, 3.8) is 0 Å². The molecule has 0 aliphatic carbocycles. The minimum absolute atomic E-state index is 0.00780. The lowest BCUT2D eigenvalue weighted by atomic mass is 9.83. The first-order valence-corrected chi connectivity index (χ1v) is 7.78. The molecule has 2 amide bonds. The number of rotatable bonds is 4. The molecular formula is C16H21ClN2O2. The maximum absolute atomic E-state index is 12.4. The highest BCUT2D eigenvalue weighted by Crippen LogP contribution is 2.37. The van der Waals surface area contributed by atoms with Crippen LogP contribution in [-0.4, -0.2) is 29.8 Å². The molecule has 0 unspecified atom stereocenters. The molecule has 2 rings (SSSR count). The monoisotopic (exact) mass is 308 g/mol. The second kappa shape index (κ2) is 6.94. The lowest BCUT2D eigenvalue weighted by molar-refractivity contribution is -0.143. The Morgan fingerprint density at radius 1 is 1.43 bits per heavy atom. The van der Waals surface area contributed by atoms with Gasteiger partial charge in [-0.2, -0.15) is 0 Å². The van der Waals surface area contributed by atoms with E-state index in [0.717, 1.165) is 5.56 Å². The van der Waals surface area contributed by atoms with Crippen LogP contribution >= 0.6 is 11.6 Å². The highest BCUT2D eigenvalue weighted by atomic mass is 35.5. The number of carbonyl (C=O) groups excluding carboxylic acids is 2. The molecule has 1 aromatic carbocycles. The molecule has 1 heterocycles. The van der Waals surface area contributed by atoms with E-state index in [-0.39, 0.29) is 23.8 Å². The molecule has 0 aromatic heterocycles. The summed E-state index contributed by atoms with van der Waals surface area (Å²) in [5.41, 5.74) is 0.925. The number of carbonyl (C=O) groups is 2. The van der Waals surface area contributed by atoms with E-state index in [1.165, 1.54) is 0 Å². The van der Waals surface area contributed by atoms with Gasteiger partial charge in [-0.15, -0.1) is 0 Å². The molecule has 1 aromatic rings. The summed E-state index contributed by atoms with van der Waals surface area (Å²) in [4.78, 5) is 26.3. The lowest BCUT2D eigenvalue weighted by Crippen LogP contribution is -2.47. The number of likely N-dealkylation sites (tertiary alicyclic amines) is 1. The van der Waals surface area contributed by atoms with Crippen LogP contribution in [0.2, 0.25) is 5.02 Å². The summed E-state index contributed by atoms with van der Waals surface area (Å²) in [6.45, 7) is 5.02. The van der Waals surface area contributed by atoms with Crippen molar-refractivity contribution < 1.29 is 9.59 Å². The van der Waals surface area contributed by atoms with Gasteiger partial charge >= 0.3 is 0 Å². The largest absolute Gasteiger partial charge is 0.356 e. The van der Waals surface area contributed by atoms with Crippen molar-refractivity contribution in [1.29, 1.82) is 0 Å². The zero-order chi connectivity index (χ0) is 15.4. The van der Waals surface area contributed by atoms with Crippen molar-refractivity contribution >= 4 is 23.4 Å². The van der Waals surface area contributed by atoms with Crippen LogP contribution in [0.25, 0.3) is 0 Å². The average Bonchev–Trinajstić information content (AvgIpc) is 2.47.